The fraction of sp³-hybridized carbons (Fsp3) is 0.250. The van der Waals surface area contributed by atoms with Gasteiger partial charge in [0.25, 0.3) is 11.1 Å². The van der Waals surface area contributed by atoms with Crippen molar-refractivity contribution in [2.75, 3.05) is 0 Å². The lowest BCUT2D eigenvalue weighted by atomic mass is 10.2. The zero-order valence-electron chi connectivity index (χ0n) is 19.8. The molecule has 4 heterocycles. The Kier molecular flexibility index (Phi) is 6.27. The van der Waals surface area contributed by atoms with Crippen molar-refractivity contribution < 1.29 is 0 Å². The number of hydrogen-bond acceptors (Lipinski definition) is 7. The second-order valence-electron chi connectivity index (χ2n) is 8.36. The molecule has 184 valence electrons. The summed E-state index contributed by atoms with van der Waals surface area (Å²) >= 11 is 7.26. The Labute approximate surface area is 213 Å². The monoisotopic (exact) mass is 523 g/mol. The van der Waals surface area contributed by atoms with Gasteiger partial charge in [0.15, 0.2) is 22.0 Å². The van der Waals surface area contributed by atoms with E-state index >= 15 is 0 Å². The number of nitrogens with zero attached hydrogens (tertiary/aromatic N) is 5. The molecule has 2 N–H and O–H groups in total. The van der Waals surface area contributed by atoms with Crippen molar-refractivity contribution in [3.63, 3.8) is 0 Å². The molecule has 0 unspecified atom stereocenters. The van der Waals surface area contributed by atoms with E-state index in [1.807, 2.05) is 39.0 Å². The molecule has 0 amide bonds. The maximum Gasteiger partial charge on any atom is 0.330 e. The number of aromatic amines is 2. The summed E-state index contributed by atoms with van der Waals surface area (Å²) in [5.41, 5.74) is 2.13. The first-order valence-electron chi connectivity index (χ1n) is 11.2. The largest absolute Gasteiger partial charge is 0.330 e. The van der Waals surface area contributed by atoms with Gasteiger partial charge in [-0.05, 0) is 50.1 Å². The number of H-pyrrole nitrogens is 2. The number of halogens is 1. The average Bonchev–Trinajstić information content (AvgIpc) is 3.20. The smallest absolute Gasteiger partial charge is 0.322 e. The molecule has 5 rings (SSSR count). The van der Waals surface area contributed by atoms with Crippen molar-refractivity contribution in [3.8, 4) is 0 Å². The molecule has 0 aliphatic carbocycles. The lowest BCUT2D eigenvalue weighted by Crippen LogP contribution is -2.31. The fourth-order valence-corrected chi connectivity index (χ4v) is 5.18. The lowest BCUT2D eigenvalue weighted by Gasteiger charge is -2.07. The molecule has 0 radical (unpaired) electrons. The molecule has 4 aromatic heterocycles. The third kappa shape index (κ3) is 4.35. The van der Waals surface area contributed by atoms with Crippen LogP contribution in [-0.4, -0.2) is 34.1 Å². The van der Waals surface area contributed by atoms with Crippen LogP contribution in [0.3, 0.4) is 0 Å². The van der Waals surface area contributed by atoms with Gasteiger partial charge in [-0.25, -0.2) is 19.7 Å². The minimum absolute atomic E-state index is 0.223. The van der Waals surface area contributed by atoms with Gasteiger partial charge < -0.3 is 9.55 Å². The predicted octanol–water partition coefficient (Wildman–Crippen LogP) is 3.15. The number of pyridine rings is 1. The molecule has 0 bridgehead atoms. The van der Waals surface area contributed by atoms with Gasteiger partial charge in [0.1, 0.15) is 5.82 Å². The molecular formula is C24H22ClN7O3S. The Bertz CT molecular complexity index is 1800. The standard InChI is InChI=1S/C24H22ClN7O3S/c1-4-31-16(11-36-23-28-19-17(21(33)29-23)12(2)9-13(3)26-19)27-20-18(31)22(34)30-24(35)32(20)10-14-5-7-15(25)8-6-14/h5-9H,4,10-11H2,1-3H3,(H,30,34,35)(H,26,28,29,33). The Morgan fingerprint density at radius 2 is 1.72 bits per heavy atom. The summed E-state index contributed by atoms with van der Waals surface area (Å²) in [5.74, 6) is 0.894. The van der Waals surface area contributed by atoms with Crippen LogP contribution in [0.4, 0.5) is 0 Å². The lowest BCUT2D eigenvalue weighted by molar-refractivity contribution is 0.736. The van der Waals surface area contributed by atoms with Gasteiger partial charge in [-0.2, -0.15) is 0 Å². The van der Waals surface area contributed by atoms with Crippen LogP contribution in [0, 0.1) is 13.8 Å². The van der Waals surface area contributed by atoms with Gasteiger partial charge in [0, 0.05) is 17.3 Å². The molecule has 1 aromatic carbocycles. The number of imidazole rings is 1. The summed E-state index contributed by atoms with van der Waals surface area (Å²) in [6.07, 6.45) is 0. The van der Waals surface area contributed by atoms with Crippen molar-refractivity contribution in [1.82, 2.24) is 34.1 Å². The van der Waals surface area contributed by atoms with Crippen LogP contribution >= 0.6 is 23.4 Å². The summed E-state index contributed by atoms with van der Waals surface area (Å²) in [4.78, 5) is 56.9. The molecule has 0 saturated carbocycles. The van der Waals surface area contributed by atoms with Crippen LogP contribution in [0.5, 0.6) is 0 Å². The predicted molar refractivity (Wildman–Crippen MR) is 140 cm³/mol. The molecule has 0 atom stereocenters. The molecule has 12 heteroatoms. The second-order valence-corrected chi connectivity index (χ2v) is 9.76. The van der Waals surface area contributed by atoms with E-state index in [-0.39, 0.29) is 12.1 Å². The number of nitrogens with one attached hydrogen (secondary N) is 2. The van der Waals surface area contributed by atoms with E-state index in [1.165, 1.54) is 16.3 Å². The van der Waals surface area contributed by atoms with Crippen LogP contribution in [-0.2, 0) is 18.8 Å². The van der Waals surface area contributed by atoms with Gasteiger partial charge >= 0.3 is 5.69 Å². The molecule has 10 nitrogen and oxygen atoms in total. The number of aryl methyl sites for hydroxylation is 3. The van der Waals surface area contributed by atoms with Crippen molar-refractivity contribution in [2.45, 2.75) is 44.8 Å². The summed E-state index contributed by atoms with van der Waals surface area (Å²) in [6.45, 7) is 6.30. The van der Waals surface area contributed by atoms with E-state index in [4.69, 9.17) is 11.6 Å². The molecule has 36 heavy (non-hydrogen) atoms. The highest BCUT2D eigenvalue weighted by atomic mass is 35.5. The Hall–Kier alpha value is -3.70. The van der Waals surface area contributed by atoms with Crippen LogP contribution in [0.15, 0.2) is 49.9 Å². The minimum atomic E-state index is -0.542. The Balaban J connectivity index is 1.55. The fourth-order valence-electron chi connectivity index (χ4n) is 4.25. The van der Waals surface area contributed by atoms with Crippen molar-refractivity contribution in [2.24, 2.45) is 0 Å². The van der Waals surface area contributed by atoms with Gasteiger partial charge in [0.05, 0.1) is 17.7 Å². The summed E-state index contributed by atoms with van der Waals surface area (Å²) in [7, 11) is 0. The van der Waals surface area contributed by atoms with Crippen LogP contribution < -0.4 is 16.8 Å². The minimum Gasteiger partial charge on any atom is -0.322 e. The maximum absolute atomic E-state index is 12.7. The molecule has 0 fully saturated rings. The highest BCUT2D eigenvalue weighted by Gasteiger charge is 2.19. The van der Waals surface area contributed by atoms with Gasteiger partial charge in [-0.1, -0.05) is 35.5 Å². The zero-order chi connectivity index (χ0) is 25.6. The molecule has 5 aromatic rings. The van der Waals surface area contributed by atoms with Crippen molar-refractivity contribution >= 4 is 45.6 Å². The summed E-state index contributed by atoms with van der Waals surface area (Å²) in [6, 6.07) is 8.97. The highest BCUT2D eigenvalue weighted by Crippen LogP contribution is 2.23. The van der Waals surface area contributed by atoms with Crippen molar-refractivity contribution in [3.05, 3.63) is 89.2 Å². The zero-order valence-corrected chi connectivity index (χ0v) is 21.3. The molecular weight excluding hydrogens is 502 g/mol. The van der Waals surface area contributed by atoms with E-state index in [0.29, 0.717) is 50.5 Å². The number of aromatic nitrogens is 7. The first-order chi connectivity index (χ1) is 17.2. The first kappa shape index (κ1) is 24.0. The normalized spacial score (nSPS) is 11.6. The Morgan fingerprint density at radius 3 is 2.44 bits per heavy atom. The molecule has 0 saturated heterocycles. The van der Waals surface area contributed by atoms with Gasteiger partial charge in [-0.3, -0.25) is 19.1 Å². The number of benzene rings is 1. The highest BCUT2D eigenvalue weighted by molar-refractivity contribution is 7.98. The SMILES string of the molecule is CCn1c(CSc2nc3nc(C)cc(C)c3c(=O)[nH]2)nc2c1c(=O)[nH]c(=O)n2Cc1ccc(Cl)cc1. The number of thioether (sulfide) groups is 1. The third-order valence-corrected chi connectivity index (χ3v) is 6.97. The summed E-state index contributed by atoms with van der Waals surface area (Å²) < 4.78 is 3.20. The van der Waals surface area contributed by atoms with Crippen molar-refractivity contribution in [1.29, 1.82) is 0 Å². The van der Waals surface area contributed by atoms with E-state index < -0.39 is 11.2 Å². The third-order valence-electron chi connectivity index (χ3n) is 5.85. The van der Waals surface area contributed by atoms with Crippen LogP contribution in [0.25, 0.3) is 22.2 Å². The first-order valence-corrected chi connectivity index (χ1v) is 12.6. The summed E-state index contributed by atoms with van der Waals surface area (Å²) in [5, 5.41) is 1.45. The molecule has 0 aliphatic heterocycles. The van der Waals surface area contributed by atoms with E-state index in [1.54, 1.807) is 16.7 Å². The Morgan fingerprint density at radius 1 is 0.972 bits per heavy atom. The number of hydrogen-bond donors (Lipinski definition) is 2. The maximum atomic E-state index is 12.7. The quantitative estimate of drug-likeness (QED) is 0.258. The van der Waals surface area contributed by atoms with Gasteiger partial charge in [-0.15, -0.1) is 0 Å². The topological polar surface area (TPSA) is 131 Å². The van der Waals surface area contributed by atoms with Crippen LogP contribution in [0.1, 0.15) is 29.6 Å². The van der Waals surface area contributed by atoms with E-state index in [0.717, 1.165) is 16.8 Å². The number of fused-ring (bicyclic) bond motifs is 2. The van der Waals surface area contributed by atoms with E-state index in [9.17, 15) is 14.4 Å². The number of rotatable bonds is 6. The molecule has 0 aliphatic rings. The van der Waals surface area contributed by atoms with Crippen LogP contribution in [0.2, 0.25) is 5.02 Å². The van der Waals surface area contributed by atoms with E-state index in [2.05, 4.69) is 24.9 Å². The molecule has 0 spiro atoms. The van der Waals surface area contributed by atoms with Gasteiger partial charge in [0.2, 0.25) is 0 Å². The second kappa shape index (κ2) is 9.40. The average molecular weight is 524 g/mol.